The summed E-state index contributed by atoms with van der Waals surface area (Å²) < 4.78 is 5.37. The number of nitrogens with two attached hydrogens (primary N) is 1. The SMILES string of the molecule is NOC1CCN(C(=O)C2CCCO2)CC1. The van der Waals surface area contributed by atoms with Gasteiger partial charge in [-0.2, -0.15) is 0 Å². The molecule has 1 amide bonds. The van der Waals surface area contributed by atoms with E-state index in [9.17, 15) is 4.79 Å². The summed E-state index contributed by atoms with van der Waals surface area (Å²) in [4.78, 5) is 18.6. The first kappa shape index (κ1) is 10.9. The van der Waals surface area contributed by atoms with Crippen molar-refractivity contribution < 1.29 is 14.4 Å². The molecule has 2 aliphatic heterocycles. The fraction of sp³-hybridized carbons (Fsp3) is 0.900. The minimum atomic E-state index is -0.194. The Morgan fingerprint density at radius 2 is 2.07 bits per heavy atom. The van der Waals surface area contributed by atoms with Crippen LogP contribution in [0.4, 0.5) is 0 Å². The van der Waals surface area contributed by atoms with Crippen LogP contribution in [0.1, 0.15) is 25.7 Å². The largest absolute Gasteiger partial charge is 0.368 e. The second-order valence-electron chi connectivity index (χ2n) is 4.16. The molecule has 2 heterocycles. The summed E-state index contributed by atoms with van der Waals surface area (Å²) >= 11 is 0. The molecule has 5 nitrogen and oxygen atoms in total. The smallest absolute Gasteiger partial charge is 0.251 e. The molecule has 2 saturated heterocycles. The highest BCUT2D eigenvalue weighted by molar-refractivity contribution is 5.81. The minimum absolute atomic E-state index is 0.110. The van der Waals surface area contributed by atoms with Gasteiger partial charge in [0, 0.05) is 19.7 Å². The van der Waals surface area contributed by atoms with Crippen molar-refractivity contribution in [3.05, 3.63) is 0 Å². The highest BCUT2D eigenvalue weighted by Crippen LogP contribution is 2.18. The Balaban J connectivity index is 1.81. The summed E-state index contributed by atoms with van der Waals surface area (Å²) in [6, 6.07) is 0. The summed E-state index contributed by atoms with van der Waals surface area (Å²) in [7, 11) is 0. The molecule has 2 fully saturated rings. The number of hydrogen-bond donors (Lipinski definition) is 1. The number of carbonyl (C=O) groups excluding carboxylic acids is 1. The quantitative estimate of drug-likeness (QED) is 0.659. The Labute approximate surface area is 89.5 Å². The molecule has 0 aromatic carbocycles. The van der Waals surface area contributed by atoms with Crippen LogP contribution < -0.4 is 5.90 Å². The van der Waals surface area contributed by atoms with E-state index in [-0.39, 0.29) is 18.1 Å². The lowest BCUT2D eigenvalue weighted by molar-refractivity contribution is -0.143. The van der Waals surface area contributed by atoms with Gasteiger partial charge in [0.25, 0.3) is 5.91 Å². The fourth-order valence-electron chi connectivity index (χ4n) is 2.19. The average molecular weight is 214 g/mol. The number of hydrogen-bond acceptors (Lipinski definition) is 4. The summed E-state index contributed by atoms with van der Waals surface area (Å²) in [6.45, 7) is 2.19. The van der Waals surface area contributed by atoms with Gasteiger partial charge in [-0.1, -0.05) is 0 Å². The molecule has 1 atom stereocenters. The molecule has 0 spiro atoms. The average Bonchev–Trinajstić information content (AvgIpc) is 2.82. The Kier molecular flexibility index (Phi) is 3.56. The van der Waals surface area contributed by atoms with Crippen LogP contribution in [0.2, 0.25) is 0 Å². The van der Waals surface area contributed by atoms with Crippen molar-refractivity contribution in [2.45, 2.75) is 37.9 Å². The second kappa shape index (κ2) is 4.92. The van der Waals surface area contributed by atoms with E-state index >= 15 is 0 Å². The van der Waals surface area contributed by atoms with Gasteiger partial charge >= 0.3 is 0 Å². The van der Waals surface area contributed by atoms with Crippen LogP contribution in [0.15, 0.2) is 0 Å². The van der Waals surface area contributed by atoms with Crippen molar-refractivity contribution in [1.29, 1.82) is 0 Å². The molecule has 15 heavy (non-hydrogen) atoms. The monoisotopic (exact) mass is 214 g/mol. The predicted octanol–water partition coefficient (Wildman–Crippen LogP) is 0.0467. The molecule has 0 radical (unpaired) electrons. The normalized spacial score (nSPS) is 28.3. The Morgan fingerprint density at radius 3 is 2.60 bits per heavy atom. The van der Waals surface area contributed by atoms with Crippen molar-refractivity contribution in [3.8, 4) is 0 Å². The molecule has 0 aromatic heterocycles. The van der Waals surface area contributed by atoms with E-state index in [1.807, 2.05) is 4.90 Å². The van der Waals surface area contributed by atoms with Gasteiger partial charge in [-0.3, -0.25) is 4.79 Å². The number of piperidine rings is 1. The zero-order valence-electron chi connectivity index (χ0n) is 8.85. The third-order valence-corrected chi connectivity index (χ3v) is 3.15. The molecule has 0 aromatic rings. The van der Waals surface area contributed by atoms with E-state index in [1.165, 1.54) is 0 Å². The van der Waals surface area contributed by atoms with Crippen LogP contribution in [0.3, 0.4) is 0 Å². The maximum atomic E-state index is 11.9. The van der Waals surface area contributed by atoms with Gasteiger partial charge in [0.15, 0.2) is 0 Å². The van der Waals surface area contributed by atoms with Crippen LogP contribution >= 0.6 is 0 Å². The highest BCUT2D eigenvalue weighted by Gasteiger charge is 2.30. The Hall–Kier alpha value is -0.650. The van der Waals surface area contributed by atoms with Crippen molar-refractivity contribution in [2.75, 3.05) is 19.7 Å². The van der Waals surface area contributed by atoms with E-state index in [0.717, 1.165) is 45.4 Å². The number of nitrogens with zero attached hydrogens (tertiary/aromatic N) is 1. The number of amides is 1. The number of rotatable bonds is 2. The van der Waals surface area contributed by atoms with Gasteiger partial charge in [0.2, 0.25) is 0 Å². The molecule has 86 valence electrons. The molecule has 0 bridgehead atoms. The van der Waals surface area contributed by atoms with Crippen LogP contribution in [0.25, 0.3) is 0 Å². The highest BCUT2D eigenvalue weighted by atomic mass is 16.6. The molecule has 2 aliphatic rings. The Bertz CT molecular complexity index is 221. The molecule has 1 unspecified atom stereocenters. The van der Waals surface area contributed by atoms with E-state index in [2.05, 4.69) is 0 Å². The van der Waals surface area contributed by atoms with Crippen LogP contribution in [-0.2, 0) is 14.4 Å². The van der Waals surface area contributed by atoms with E-state index in [4.69, 9.17) is 15.5 Å². The first-order valence-corrected chi connectivity index (χ1v) is 5.57. The third kappa shape index (κ3) is 2.48. The zero-order chi connectivity index (χ0) is 10.7. The Morgan fingerprint density at radius 1 is 1.33 bits per heavy atom. The van der Waals surface area contributed by atoms with Gasteiger partial charge in [-0.15, -0.1) is 0 Å². The first-order valence-electron chi connectivity index (χ1n) is 5.57. The fourth-order valence-corrected chi connectivity index (χ4v) is 2.19. The lowest BCUT2D eigenvalue weighted by atomic mass is 10.1. The van der Waals surface area contributed by atoms with Gasteiger partial charge in [0.05, 0.1) is 6.10 Å². The van der Waals surface area contributed by atoms with Crippen LogP contribution in [0.5, 0.6) is 0 Å². The second-order valence-corrected chi connectivity index (χ2v) is 4.16. The van der Waals surface area contributed by atoms with Gasteiger partial charge in [-0.05, 0) is 25.7 Å². The first-order chi connectivity index (χ1) is 7.31. The van der Waals surface area contributed by atoms with Gasteiger partial charge in [-0.25, -0.2) is 5.90 Å². The van der Waals surface area contributed by atoms with Crippen LogP contribution in [0, 0.1) is 0 Å². The molecule has 0 saturated carbocycles. The number of carbonyl (C=O) groups is 1. The minimum Gasteiger partial charge on any atom is -0.368 e. The molecular formula is C10H18N2O3. The standard InChI is InChI=1S/C10H18N2O3/c11-15-8-3-5-12(6-4-8)10(13)9-2-1-7-14-9/h8-9H,1-7,11H2. The van der Waals surface area contributed by atoms with Gasteiger partial charge < -0.3 is 14.5 Å². The summed E-state index contributed by atoms with van der Waals surface area (Å²) in [6.07, 6.45) is 3.44. The van der Waals surface area contributed by atoms with Crippen molar-refractivity contribution >= 4 is 5.91 Å². The van der Waals surface area contributed by atoms with E-state index in [0.29, 0.717) is 0 Å². The molecule has 0 aliphatic carbocycles. The molecule has 2 rings (SSSR count). The van der Waals surface area contributed by atoms with Crippen molar-refractivity contribution in [2.24, 2.45) is 5.90 Å². The van der Waals surface area contributed by atoms with Crippen molar-refractivity contribution in [1.82, 2.24) is 4.90 Å². The predicted molar refractivity (Wildman–Crippen MR) is 53.8 cm³/mol. The van der Waals surface area contributed by atoms with Gasteiger partial charge in [0.1, 0.15) is 6.10 Å². The molecular weight excluding hydrogens is 196 g/mol. The lowest BCUT2D eigenvalue weighted by Crippen LogP contribution is -2.45. The summed E-state index contributed by atoms with van der Waals surface area (Å²) in [5, 5.41) is 0. The van der Waals surface area contributed by atoms with E-state index in [1.54, 1.807) is 0 Å². The van der Waals surface area contributed by atoms with E-state index < -0.39 is 0 Å². The maximum Gasteiger partial charge on any atom is 0.251 e. The van der Waals surface area contributed by atoms with Crippen molar-refractivity contribution in [3.63, 3.8) is 0 Å². The molecule has 2 N–H and O–H groups in total. The lowest BCUT2D eigenvalue weighted by Gasteiger charge is -2.32. The number of likely N-dealkylation sites (tertiary alicyclic amines) is 1. The zero-order valence-corrected chi connectivity index (χ0v) is 8.85. The third-order valence-electron chi connectivity index (χ3n) is 3.15. The van der Waals surface area contributed by atoms with Crippen LogP contribution in [-0.4, -0.2) is 42.7 Å². The maximum absolute atomic E-state index is 11.9. The summed E-state index contributed by atoms with van der Waals surface area (Å²) in [5.41, 5.74) is 0. The number of ether oxygens (including phenoxy) is 1. The summed E-state index contributed by atoms with van der Waals surface area (Å²) in [5.74, 6) is 5.26. The molecule has 5 heteroatoms. The topological polar surface area (TPSA) is 64.8 Å².